The highest BCUT2D eigenvalue weighted by Gasteiger charge is 2.27. The standard InChI is InChI=1S/C10H10BrCl2O4P/c1-15-18(14,16-2)17-10(6-12)8-4-3-7(11)5-9(8)13/h3-6H,1-2H3. The van der Waals surface area contributed by atoms with Crippen molar-refractivity contribution in [3.8, 4) is 0 Å². The van der Waals surface area contributed by atoms with Gasteiger partial charge in [0.1, 0.15) is 0 Å². The molecule has 0 saturated carbocycles. The molecule has 1 rings (SSSR count). The van der Waals surface area contributed by atoms with Crippen LogP contribution in [0.3, 0.4) is 0 Å². The molecule has 0 radical (unpaired) electrons. The Labute approximate surface area is 124 Å². The Balaban J connectivity index is 3.09. The fourth-order valence-corrected chi connectivity index (χ4v) is 2.77. The zero-order valence-electron chi connectivity index (χ0n) is 9.52. The van der Waals surface area contributed by atoms with Gasteiger partial charge in [-0.15, -0.1) is 0 Å². The minimum Gasteiger partial charge on any atom is -0.402 e. The highest BCUT2D eigenvalue weighted by molar-refractivity contribution is 9.10. The lowest BCUT2D eigenvalue weighted by Gasteiger charge is -2.17. The van der Waals surface area contributed by atoms with Crippen LogP contribution in [0.25, 0.3) is 5.76 Å². The lowest BCUT2D eigenvalue weighted by molar-refractivity contribution is 0.201. The summed E-state index contributed by atoms with van der Waals surface area (Å²) < 4.78 is 27.1. The van der Waals surface area contributed by atoms with E-state index in [1.54, 1.807) is 18.2 Å². The van der Waals surface area contributed by atoms with E-state index in [0.717, 1.165) is 10.0 Å². The van der Waals surface area contributed by atoms with E-state index < -0.39 is 7.82 Å². The van der Waals surface area contributed by atoms with Gasteiger partial charge in [-0.05, 0) is 18.2 Å². The maximum absolute atomic E-state index is 11.9. The first-order valence-corrected chi connectivity index (χ1v) is 7.69. The van der Waals surface area contributed by atoms with Gasteiger partial charge in [0.25, 0.3) is 0 Å². The molecule has 100 valence electrons. The van der Waals surface area contributed by atoms with E-state index in [9.17, 15) is 4.57 Å². The zero-order chi connectivity index (χ0) is 13.8. The van der Waals surface area contributed by atoms with E-state index >= 15 is 0 Å². The average Bonchev–Trinajstić information content (AvgIpc) is 2.36. The lowest BCUT2D eigenvalue weighted by atomic mass is 10.2. The number of phosphoric ester groups is 1. The number of rotatable bonds is 5. The molecule has 0 unspecified atom stereocenters. The second-order valence-corrected chi connectivity index (χ2v) is 6.35. The van der Waals surface area contributed by atoms with Crippen molar-refractivity contribution in [2.75, 3.05) is 14.2 Å². The fourth-order valence-electron chi connectivity index (χ4n) is 1.09. The predicted molar refractivity (Wildman–Crippen MR) is 75.7 cm³/mol. The summed E-state index contributed by atoms with van der Waals surface area (Å²) in [6, 6.07) is 5.07. The summed E-state index contributed by atoms with van der Waals surface area (Å²) in [5.74, 6) is 0.0983. The molecule has 0 heterocycles. The quantitative estimate of drug-likeness (QED) is 0.533. The molecule has 8 heteroatoms. The largest absolute Gasteiger partial charge is 0.529 e. The number of benzene rings is 1. The van der Waals surface area contributed by atoms with Crippen molar-refractivity contribution in [3.63, 3.8) is 0 Å². The monoisotopic (exact) mass is 374 g/mol. The predicted octanol–water partition coefficient (Wildman–Crippen LogP) is 5.06. The van der Waals surface area contributed by atoms with E-state index in [1.807, 2.05) is 0 Å². The van der Waals surface area contributed by atoms with E-state index in [1.165, 1.54) is 14.2 Å². The van der Waals surface area contributed by atoms with Gasteiger partial charge in [0.15, 0.2) is 5.76 Å². The van der Waals surface area contributed by atoms with Gasteiger partial charge in [-0.3, -0.25) is 9.05 Å². The van der Waals surface area contributed by atoms with Crippen LogP contribution in [0.2, 0.25) is 5.02 Å². The van der Waals surface area contributed by atoms with Gasteiger partial charge < -0.3 is 4.52 Å². The molecular weight excluding hydrogens is 366 g/mol. The van der Waals surface area contributed by atoms with Gasteiger partial charge in [-0.25, -0.2) is 4.57 Å². The van der Waals surface area contributed by atoms with Crippen molar-refractivity contribution in [3.05, 3.63) is 38.8 Å². The third kappa shape index (κ3) is 3.98. The van der Waals surface area contributed by atoms with Crippen molar-refractivity contribution < 1.29 is 18.1 Å². The summed E-state index contributed by atoms with van der Waals surface area (Å²) in [6.45, 7) is 0. The molecule has 0 aliphatic rings. The van der Waals surface area contributed by atoms with Gasteiger partial charge in [0.05, 0.1) is 5.02 Å². The summed E-state index contributed by atoms with van der Waals surface area (Å²) in [6.07, 6.45) is 0. The summed E-state index contributed by atoms with van der Waals surface area (Å²) in [7, 11) is -1.26. The van der Waals surface area contributed by atoms with Crippen LogP contribution in [-0.2, 0) is 18.1 Å². The molecule has 1 aromatic carbocycles. The molecule has 0 aliphatic carbocycles. The van der Waals surface area contributed by atoms with E-state index in [4.69, 9.17) is 27.7 Å². The lowest BCUT2D eigenvalue weighted by Crippen LogP contribution is -1.96. The molecule has 0 saturated heterocycles. The normalized spacial score (nSPS) is 12.6. The molecule has 0 amide bonds. The number of phosphoric acid groups is 1. The molecule has 18 heavy (non-hydrogen) atoms. The molecule has 0 N–H and O–H groups in total. The smallest absolute Gasteiger partial charge is 0.402 e. The molecule has 0 bridgehead atoms. The van der Waals surface area contributed by atoms with E-state index in [-0.39, 0.29) is 5.76 Å². The number of hydrogen-bond acceptors (Lipinski definition) is 4. The first-order valence-electron chi connectivity index (χ1n) is 4.62. The van der Waals surface area contributed by atoms with Crippen LogP contribution < -0.4 is 0 Å². The van der Waals surface area contributed by atoms with Crippen molar-refractivity contribution in [1.29, 1.82) is 0 Å². The first-order chi connectivity index (χ1) is 8.45. The second-order valence-electron chi connectivity index (χ2n) is 3.00. The first kappa shape index (κ1) is 16.0. The molecule has 4 nitrogen and oxygen atoms in total. The summed E-state index contributed by atoms with van der Waals surface area (Å²) in [4.78, 5) is 0. The Bertz CT molecular complexity index is 499. The Morgan fingerprint density at radius 3 is 2.44 bits per heavy atom. The van der Waals surface area contributed by atoms with Crippen LogP contribution in [-0.4, -0.2) is 14.2 Å². The molecule has 0 aromatic heterocycles. The van der Waals surface area contributed by atoms with Crippen molar-refractivity contribution in [1.82, 2.24) is 0 Å². The van der Waals surface area contributed by atoms with E-state index in [2.05, 4.69) is 25.0 Å². The molecule has 0 aliphatic heterocycles. The number of halogens is 3. The minimum atomic E-state index is -3.67. The van der Waals surface area contributed by atoms with E-state index in [0.29, 0.717) is 10.6 Å². The maximum Gasteiger partial charge on any atom is 0.529 e. The molecular formula is C10H10BrCl2O4P. The van der Waals surface area contributed by atoms with Crippen LogP contribution in [0.15, 0.2) is 28.2 Å². The highest BCUT2D eigenvalue weighted by Crippen LogP contribution is 2.52. The molecule has 0 spiro atoms. The molecule has 1 aromatic rings. The van der Waals surface area contributed by atoms with Gasteiger partial charge in [0.2, 0.25) is 0 Å². The van der Waals surface area contributed by atoms with Crippen LogP contribution in [0.1, 0.15) is 5.56 Å². The van der Waals surface area contributed by atoms with Crippen LogP contribution in [0.4, 0.5) is 0 Å². The third-order valence-corrected chi connectivity index (χ3v) is 4.27. The molecule has 0 fully saturated rings. The SMILES string of the molecule is COP(=O)(OC)OC(=CCl)c1ccc(Br)cc1Cl. The zero-order valence-corrected chi connectivity index (χ0v) is 13.5. The van der Waals surface area contributed by atoms with Gasteiger partial charge in [-0.1, -0.05) is 39.1 Å². The van der Waals surface area contributed by atoms with Crippen molar-refractivity contribution in [2.24, 2.45) is 0 Å². The summed E-state index contributed by atoms with van der Waals surface area (Å²) >= 11 is 15.0. The maximum atomic E-state index is 11.9. The van der Waals surface area contributed by atoms with Gasteiger partial charge in [-0.2, -0.15) is 0 Å². The topological polar surface area (TPSA) is 44.8 Å². The molecule has 0 atom stereocenters. The third-order valence-electron chi connectivity index (χ3n) is 1.95. The Kier molecular flexibility index (Phi) is 6.18. The Morgan fingerprint density at radius 2 is 2.00 bits per heavy atom. The van der Waals surface area contributed by atoms with Crippen LogP contribution >= 0.6 is 47.0 Å². The Morgan fingerprint density at radius 1 is 1.39 bits per heavy atom. The average molecular weight is 376 g/mol. The highest BCUT2D eigenvalue weighted by atomic mass is 79.9. The van der Waals surface area contributed by atoms with Crippen LogP contribution in [0, 0.1) is 0 Å². The van der Waals surface area contributed by atoms with Crippen molar-refractivity contribution in [2.45, 2.75) is 0 Å². The second kappa shape index (κ2) is 6.94. The van der Waals surface area contributed by atoms with Crippen LogP contribution in [0.5, 0.6) is 0 Å². The summed E-state index contributed by atoms with van der Waals surface area (Å²) in [5, 5.41) is 0.384. The minimum absolute atomic E-state index is 0.0983. The van der Waals surface area contributed by atoms with Crippen molar-refractivity contribution >= 4 is 52.7 Å². The van der Waals surface area contributed by atoms with Gasteiger partial charge >= 0.3 is 7.82 Å². The Hall–Kier alpha value is -0.0300. The number of hydrogen-bond donors (Lipinski definition) is 0. The van der Waals surface area contributed by atoms with Gasteiger partial charge in [0, 0.05) is 29.8 Å². The summed E-state index contributed by atoms with van der Waals surface area (Å²) in [5.41, 5.74) is 1.59. The fraction of sp³-hybridized carbons (Fsp3) is 0.200.